The van der Waals surface area contributed by atoms with E-state index in [2.05, 4.69) is 21.3 Å². The molecular formula is C22H30N4O5S. The second kappa shape index (κ2) is 10.0. The van der Waals surface area contributed by atoms with Crippen molar-refractivity contribution in [2.45, 2.75) is 30.3 Å². The summed E-state index contributed by atoms with van der Waals surface area (Å²) in [6.07, 6.45) is 3.07. The molecule has 32 heavy (non-hydrogen) atoms. The lowest BCUT2D eigenvalue weighted by Crippen LogP contribution is -2.44. The first-order valence-corrected chi connectivity index (χ1v) is 12.3. The zero-order chi connectivity index (χ0) is 22.6. The number of morpholine rings is 1. The van der Waals surface area contributed by atoms with E-state index in [4.69, 9.17) is 9.47 Å². The van der Waals surface area contributed by atoms with Gasteiger partial charge in [0.1, 0.15) is 16.3 Å². The largest absolute Gasteiger partial charge is 0.497 e. The molecular weight excluding hydrogens is 432 g/mol. The third-order valence-electron chi connectivity index (χ3n) is 5.97. The van der Waals surface area contributed by atoms with Crippen molar-refractivity contribution in [3.05, 3.63) is 47.8 Å². The van der Waals surface area contributed by atoms with Crippen LogP contribution in [0.15, 0.2) is 41.4 Å². The number of carbonyl (C=O) groups is 1. The summed E-state index contributed by atoms with van der Waals surface area (Å²) in [6, 6.07) is 9.53. The number of aromatic amines is 1. The Morgan fingerprint density at radius 2 is 1.94 bits per heavy atom. The first-order valence-electron chi connectivity index (χ1n) is 10.9. The van der Waals surface area contributed by atoms with Gasteiger partial charge in [-0.2, -0.15) is 4.31 Å². The van der Waals surface area contributed by atoms with Gasteiger partial charge in [-0.25, -0.2) is 8.42 Å². The molecule has 2 aliphatic heterocycles. The first kappa shape index (κ1) is 22.8. The van der Waals surface area contributed by atoms with Gasteiger partial charge in [0.25, 0.3) is 5.91 Å². The topological polar surface area (TPSA) is 104 Å². The number of hydrogen-bond donors (Lipinski definition) is 2. The molecule has 0 bridgehead atoms. The number of ether oxygens (including phenoxy) is 2. The van der Waals surface area contributed by atoms with Crippen LogP contribution in [0.2, 0.25) is 0 Å². The summed E-state index contributed by atoms with van der Waals surface area (Å²) >= 11 is 0. The van der Waals surface area contributed by atoms with Crippen molar-refractivity contribution in [1.82, 2.24) is 19.5 Å². The van der Waals surface area contributed by atoms with Crippen LogP contribution >= 0.6 is 0 Å². The van der Waals surface area contributed by atoms with Crippen LogP contribution in [0, 0.1) is 0 Å². The molecule has 2 fully saturated rings. The minimum atomic E-state index is -3.62. The maximum atomic E-state index is 12.7. The van der Waals surface area contributed by atoms with Crippen LogP contribution in [-0.4, -0.2) is 81.1 Å². The number of carbonyl (C=O) groups excluding carboxylic acids is 1. The third kappa shape index (κ3) is 5.32. The van der Waals surface area contributed by atoms with E-state index in [1.807, 2.05) is 18.2 Å². The van der Waals surface area contributed by atoms with E-state index in [9.17, 15) is 13.2 Å². The molecule has 2 saturated heterocycles. The van der Waals surface area contributed by atoms with E-state index >= 15 is 0 Å². The molecule has 10 heteroatoms. The minimum absolute atomic E-state index is 0.0617. The number of rotatable bonds is 7. The van der Waals surface area contributed by atoms with Crippen molar-refractivity contribution in [3.8, 4) is 5.75 Å². The number of nitrogens with one attached hydrogen (secondary N) is 2. The third-order valence-corrected chi connectivity index (χ3v) is 7.85. The molecule has 3 heterocycles. The number of likely N-dealkylation sites (tertiary alicyclic amines) is 1. The van der Waals surface area contributed by atoms with Crippen LogP contribution in [-0.2, 0) is 21.3 Å². The molecule has 0 spiro atoms. The second-order valence-electron chi connectivity index (χ2n) is 8.14. The van der Waals surface area contributed by atoms with Gasteiger partial charge in [0.05, 0.1) is 20.3 Å². The molecule has 174 valence electrons. The normalized spacial score (nSPS) is 19.0. The maximum absolute atomic E-state index is 12.7. The summed E-state index contributed by atoms with van der Waals surface area (Å²) in [5.41, 5.74) is 1.46. The van der Waals surface area contributed by atoms with Crippen molar-refractivity contribution in [2.24, 2.45) is 0 Å². The maximum Gasteiger partial charge on any atom is 0.267 e. The van der Waals surface area contributed by atoms with E-state index < -0.39 is 10.0 Å². The van der Waals surface area contributed by atoms with E-state index in [0.29, 0.717) is 26.3 Å². The molecule has 0 atom stereocenters. The average molecular weight is 463 g/mol. The van der Waals surface area contributed by atoms with Gasteiger partial charge in [-0.05, 0) is 36.6 Å². The number of amides is 1. The number of methoxy groups -OCH3 is 1. The molecule has 1 aromatic heterocycles. The smallest absolute Gasteiger partial charge is 0.267 e. The van der Waals surface area contributed by atoms with Crippen molar-refractivity contribution in [1.29, 1.82) is 0 Å². The molecule has 0 aliphatic carbocycles. The quantitative estimate of drug-likeness (QED) is 0.645. The number of nitrogens with zero attached hydrogens (tertiary/aromatic N) is 2. The molecule has 1 aromatic carbocycles. The second-order valence-corrected chi connectivity index (χ2v) is 10.1. The zero-order valence-corrected chi connectivity index (χ0v) is 19.1. The lowest BCUT2D eigenvalue weighted by Gasteiger charge is -2.32. The van der Waals surface area contributed by atoms with Gasteiger partial charge in [0.2, 0.25) is 10.0 Å². The average Bonchev–Trinajstić information content (AvgIpc) is 3.33. The van der Waals surface area contributed by atoms with Crippen molar-refractivity contribution >= 4 is 15.9 Å². The molecule has 2 aliphatic rings. The van der Waals surface area contributed by atoms with Crippen LogP contribution in [0.25, 0.3) is 0 Å². The SMILES string of the molecule is COc1cccc(CN2CCC(NC(=O)c3cc(S(=O)(=O)N4CCOCC4)c[nH]3)CC2)c1. The number of sulfonamides is 1. The van der Waals surface area contributed by atoms with E-state index in [1.54, 1.807) is 7.11 Å². The van der Waals surface area contributed by atoms with Crippen LogP contribution in [0.1, 0.15) is 28.9 Å². The summed E-state index contributed by atoms with van der Waals surface area (Å²) < 4.78 is 37.4. The van der Waals surface area contributed by atoms with Crippen molar-refractivity contribution in [2.75, 3.05) is 46.5 Å². The Balaban J connectivity index is 1.29. The standard InChI is InChI=1S/C22H30N4O5S/c1-30-19-4-2-3-17(13-19)16-25-7-5-18(6-8-25)24-22(27)21-14-20(15-23-21)32(28,29)26-9-11-31-12-10-26/h2-4,13-15,18,23H,5-12,16H2,1H3,(H,24,27). The fourth-order valence-electron chi connectivity index (χ4n) is 4.12. The predicted octanol–water partition coefficient (Wildman–Crippen LogP) is 1.44. The number of piperidine rings is 1. The Kier molecular flexibility index (Phi) is 7.14. The molecule has 0 saturated carbocycles. The van der Waals surface area contributed by atoms with Crippen LogP contribution in [0.4, 0.5) is 0 Å². The molecule has 0 radical (unpaired) electrons. The highest BCUT2D eigenvalue weighted by Crippen LogP contribution is 2.20. The molecule has 9 nitrogen and oxygen atoms in total. The lowest BCUT2D eigenvalue weighted by atomic mass is 10.0. The summed E-state index contributed by atoms with van der Waals surface area (Å²) in [6.45, 7) is 4.01. The zero-order valence-electron chi connectivity index (χ0n) is 18.2. The molecule has 2 N–H and O–H groups in total. The van der Waals surface area contributed by atoms with Gasteiger partial charge in [0.15, 0.2) is 0 Å². The fraction of sp³-hybridized carbons (Fsp3) is 0.500. The number of hydrogen-bond acceptors (Lipinski definition) is 6. The van der Waals surface area contributed by atoms with Gasteiger partial charge in [-0.1, -0.05) is 12.1 Å². The van der Waals surface area contributed by atoms with Crippen LogP contribution < -0.4 is 10.1 Å². The summed E-state index contributed by atoms with van der Waals surface area (Å²) in [4.78, 5) is 18.0. The summed E-state index contributed by atoms with van der Waals surface area (Å²) in [5.74, 6) is 0.574. The van der Waals surface area contributed by atoms with Gasteiger partial charge >= 0.3 is 0 Å². The highest BCUT2D eigenvalue weighted by Gasteiger charge is 2.28. The van der Waals surface area contributed by atoms with Gasteiger partial charge in [-0.15, -0.1) is 0 Å². The van der Waals surface area contributed by atoms with Crippen LogP contribution in [0.3, 0.4) is 0 Å². The summed E-state index contributed by atoms with van der Waals surface area (Å²) in [5, 5.41) is 3.04. The fourth-order valence-corrected chi connectivity index (χ4v) is 5.52. The first-order chi connectivity index (χ1) is 15.5. The minimum Gasteiger partial charge on any atom is -0.497 e. The van der Waals surface area contributed by atoms with E-state index in [0.717, 1.165) is 38.2 Å². The van der Waals surface area contributed by atoms with E-state index in [-0.39, 0.29) is 22.5 Å². The number of benzene rings is 1. The van der Waals surface area contributed by atoms with Crippen molar-refractivity contribution in [3.63, 3.8) is 0 Å². The highest BCUT2D eigenvalue weighted by atomic mass is 32.2. The Morgan fingerprint density at radius 1 is 1.19 bits per heavy atom. The monoisotopic (exact) mass is 462 g/mol. The number of aromatic nitrogens is 1. The lowest BCUT2D eigenvalue weighted by molar-refractivity contribution is 0.0730. The summed E-state index contributed by atoms with van der Waals surface area (Å²) in [7, 11) is -1.96. The van der Waals surface area contributed by atoms with Gasteiger partial charge in [0, 0.05) is 45.0 Å². The van der Waals surface area contributed by atoms with Crippen LogP contribution in [0.5, 0.6) is 5.75 Å². The van der Waals surface area contributed by atoms with Gasteiger partial charge in [-0.3, -0.25) is 9.69 Å². The molecule has 1 amide bonds. The highest BCUT2D eigenvalue weighted by molar-refractivity contribution is 7.89. The Morgan fingerprint density at radius 3 is 2.66 bits per heavy atom. The Bertz CT molecular complexity index is 1020. The van der Waals surface area contributed by atoms with Gasteiger partial charge < -0.3 is 19.8 Å². The van der Waals surface area contributed by atoms with Crippen molar-refractivity contribution < 1.29 is 22.7 Å². The predicted molar refractivity (Wildman–Crippen MR) is 119 cm³/mol. The molecule has 2 aromatic rings. The Labute approximate surface area is 188 Å². The molecule has 0 unspecified atom stereocenters. The number of H-pyrrole nitrogens is 1. The Hall–Kier alpha value is -2.40. The van der Waals surface area contributed by atoms with E-state index in [1.165, 1.54) is 22.1 Å². The molecule has 4 rings (SSSR count).